The third kappa shape index (κ3) is 9.51. The molecule has 1 amide bonds. The molecular weight excluding hydrogens is 462 g/mol. The average Bonchev–Trinajstić information content (AvgIpc) is 3.35. The number of nitrogens with zero attached hydrogens (tertiary/aromatic N) is 3. The Bertz CT molecular complexity index is 899. The number of anilines is 2. The van der Waals surface area contributed by atoms with Gasteiger partial charge in [-0.1, -0.05) is 26.0 Å². The number of aliphatic hydroxyl groups excluding tert-OH is 1. The fourth-order valence-corrected chi connectivity index (χ4v) is 4.11. The van der Waals surface area contributed by atoms with Crippen LogP contribution in [0.3, 0.4) is 0 Å². The summed E-state index contributed by atoms with van der Waals surface area (Å²) in [7, 11) is 1.83. The third-order valence-corrected chi connectivity index (χ3v) is 5.77. The fourth-order valence-electron chi connectivity index (χ4n) is 3.78. The van der Waals surface area contributed by atoms with Crippen LogP contribution in [0.15, 0.2) is 55.9 Å². The lowest BCUT2D eigenvalue weighted by Crippen LogP contribution is -2.46. The topological polar surface area (TPSA) is 84.5 Å². The monoisotopic (exact) mass is 505 g/mol. The number of amides is 1. The van der Waals surface area contributed by atoms with Gasteiger partial charge in [0.1, 0.15) is 5.65 Å². The standard InChI is InChI=1S/C22H34ClN5O2.C3H6.C2H4/c1-5-10-27(14-20(30)16(6-2)11-23)13-17(7-3)28(15-29)21-18-8-9-25-22(18)26-12-19(21)24-4;1-3-2;1-2/h6,8-9,12,15,17,20,24,30H,5,7,10-11,13-14H2,1-4H3,(H,25,26);3H,1H2,2H3;1-2H2/b16-6+;;. The predicted octanol–water partition coefficient (Wildman–Crippen LogP) is 5.60. The van der Waals surface area contributed by atoms with Crippen LogP contribution in [0.2, 0.25) is 0 Å². The van der Waals surface area contributed by atoms with E-state index in [0.29, 0.717) is 19.0 Å². The summed E-state index contributed by atoms with van der Waals surface area (Å²) in [6, 6.07) is 1.88. The molecule has 2 aromatic heterocycles. The summed E-state index contributed by atoms with van der Waals surface area (Å²) in [5, 5.41) is 14.7. The van der Waals surface area contributed by atoms with Crippen LogP contribution in [0.4, 0.5) is 11.4 Å². The molecule has 0 bridgehead atoms. The zero-order valence-electron chi connectivity index (χ0n) is 22.1. The molecule has 2 heterocycles. The number of hydrogen-bond donors (Lipinski definition) is 3. The minimum atomic E-state index is -0.619. The Morgan fingerprint density at radius 1 is 1.31 bits per heavy atom. The molecule has 8 heteroatoms. The molecule has 0 fully saturated rings. The van der Waals surface area contributed by atoms with Crippen molar-refractivity contribution in [2.45, 2.75) is 52.7 Å². The lowest BCUT2D eigenvalue weighted by Gasteiger charge is -2.35. The zero-order chi connectivity index (χ0) is 26.8. The molecule has 2 unspecified atom stereocenters. The Balaban J connectivity index is 0.00000214. The van der Waals surface area contributed by atoms with Gasteiger partial charge in [-0.15, -0.1) is 31.3 Å². The van der Waals surface area contributed by atoms with Crippen molar-refractivity contribution in [3.05, 3.63) is 55.9 Å². The van der Waals surface area contributed by atoms with Crippen molar-refractivity contribution in [2.24, 2.45) is 0 Å². The van der Waals surface area contributed by atoms with Gasteiger partial charge in [0.05, 0.1) is 23.7 Å². The number of pyridine rings is 1. The van der Waals surface area contributed by atoms with Crippen molar-refractivity contribution in [1.29, 1.82) is 0 Å². The lowest BCUT2D eigenvalue weighted by atomic mass is 10.1. The molecule has 3 N–H and O–H groups in total. The highest BCUT2D eigenvalue weighted by Gasteiger charge is 2.25. The summed E-state index contributed by atoms with van der Waals surface area (Å²) < 4.78 is 0. The SMILES string of the molecule is C/C=C(\CCl)C(O)CN(CCC)CC(CC)N(C=O)c1c(NC)cnc2[nH]ccc12.C=C.C=CC. The molecule has 35 heavy (non-hydrogen) atoms. The van der Waals surface area contributed by atoms with Gasteiger partial charge in [-0.05, 0) is 44.9 Å². The van der Waals surface area contributed by atoms with Gasteiger partial charge in [-0.3, -0.25) is 9.69 Å². The first-order valence-electron chi connectivity index (χ1n) is 12.0. The third-order valence-electron chi connectivity index (χ3n) is 5.46. The molecule has 0 aromatic carbocycles. The summed E-state index contributed by atoms with van der Waals surface area (Å²) in [5.41, 5.74) is 3.18. The van der Waals surface area contributed by atoms with Gasteiger partial charge in [0.25, 0.3) is 0 Å². The van der Waals surface area contributed by atoms with E-state index in [1.165, 1.54) is 0 Å². The van der Waals surface area contributed by atoms with E-state index in [1.54, 1.807) is 17.2 Å². The van der Waals surface area contributed by atoms with Crippen molar-refractivity contribution in [2.75, 3.05) is 42.8 Å². The van der Waals surface area contributed by atoms with Crippen LogP contribution in [0, 0.1) is 0 Å². The maximum Gasteiger partial charge on any atom is 0.214 e. The Labute approximate surface area is 216 Å². The number of halogens is 1. The minimum Gasteiger partial charge on any atom is -0.387 e. The first kappa shape index (κ1) is 32.4. The maximum absolute atomic E-state index is 12.3. The number of rotatable bonds is 13. The van der Waals surface area contributed by atoms with Crippen LogP contribution < -0.4 is 10.2 Å². The van der Waals surface area contributed by atoms with Gasteiger partial charge < -0.3 is 20.3 Å². The van der Waals surface area contributed by atoms with Crippen LogP contribution in [0.25, 0.3) is 11.0 Å². The molecule has 0 radical (unpaired) electrons. The van der Waals surface area contributed by atoms with Crippen molar-refractivity contribution in [3.63, 3.8) is 0 Å². The maximum atomic E-state index is 12.3. The molecule has 2 aromatic rings. The quantitative estimate of drug-likeness (QED) is 0.187. The van der Waals surface area contributed by atoms with Crippen molar-refractivity contribution < 1.29 is 9.90 Å². The number of nitrogens with one attached hydrogen (secondary N) is 2. The second kappa shape index (κ2) is 18.7. The van der Waals surface area contributed by atoms with E-state index in [9.17, 15) is 9.90 Å². The summed E-state index contributed by atoms with van der Waals surface area (Å²) in [6.07, 6.45) is 9.20. The van der Waals surface area contributed by atoms with Crippen molar-refractivity contribution in [1.82, 2.24) is 14.9 Å². The Kier molecular flexibility index (Phi) is 17.3. The molecule has 7 nitrogen and oxygen atoms in total. The summed E-state index contributed by atoms with van der Waals surface area (Å²) in [4.78, 5) is 23.8. The molecule has 2 rings (SSSR count). The average molecular weight is 506 g/mol. The second-order valence-electron chi connectivity index (χ2n) is 7.77. The fraction of sp³-hybridized carbons (Fsp3) is 0.481. The largest absolute Gasteiger partial charge is 0.387 e. The van der Waals surface area contributed by atoms with Gasteiger partial charge >= 0.3 is 0 Å². The van der Waals surface area contributed by atoms with E-state index in [1.807, 2.05) is 39.2 Å². The Morgan fingerprint density at radius 2 is 1.97 bits per heavy atom. The number of hydrogen-bond acceptors (Lipinski definition) is 5. The number of carbonyl (C=O) groups is 1. The van der Waals surface area contributed by atoms with Gasteiger partial charge in [0.2, 0.25) is 6.41 Å². The molecule has 0 spiro atoms. The molecule has 196 valence electrons. The van der Waals surface area contributed by atoms with E-state index in [2.05, 4.69) is 53.8 Å². The van der Waals surface area contributed by atoms with Crippen LogP contribution in [0.1, 0.15) is 40.5 Å². The van der Waals surface area contributed by atoms with E-state index in [0.717, 1.165) is 53.8 Å². The van der Waals surface area contributed by atoms with Gasteiger partial charge in [0.15, 0.2) is 0 Å². The molecule has 0 saturated carbocycles. The van der Waals surface area contributed by atoms with E-state index in [4.69, 9.17) is 11.6 Å². The number of carbonyl (C=O) groups excluding carboxylic acids is 1. The normalized spacial score (nSPS) is 12.6. The molecule has 0 saturated heterocycles. The number of H-pyrrole nitrogens is 1. The van der Waals surface area contributed by atoms with Crippen molar-refractivity contribution in [3.8, 4) is 0 Å². The number of aromatic amines is 1. The van der Waals surface area contributed by atoms with Crippen LogP contribution in [0.5, 0.6) is 0 Å². The molecule has 0 aliphatic carbocycles. The summed E-state index contributed by atoms with van der Waals surface area (Å²) in [5.74, 6) is 0.309. The van der Waals surface area contributed by atoms with Crippen LogP contribution >= 0.6 is 11.6 Å². The molecular formula is C27H44ClN5O2. The number of allylic oxidation sites excluding steroid dienone is 2. The predicted molar refractivity (Wildman–Crippen MR) is 153 cm³/mol. The highest BCUT2D eigenvalue weighted by atomic mass is 35.5. The first-order valence-corrected chi connectivity index (χ1v) is 12.5. The minimum absolute atomic E-state index is 0.0566. The van der Waals surface area contributed by atoms with Gasteiger partial charge in [-0.25, -0.2) is 4.98 Å². The zero-order valence-corrected chi connectivity index (χ0v) is 22.8. The van der Waals surface area contributed by atoms with E-state index in [-0.39, 0.29) is 6.04 Å². The Morgan fingerprint density at radius 3 is 2.46 bits per heavy atom. The summed E-state index contributed by atoms with van der Waals surface area (Å²) >= 11 is 5.97. The molecule has 0 aliphatic heterocycles. The van der Waals surface area contributed by atoms with E-state index >= 15 is 0 Å². The van der Waals surface area contributed by atoms with Gasteiger partial charge in [0, 0.05) is 43.6 Å². The van der Waals surface area contributed by atoms with Crippen molar-refractivity contribution >= 4 is 40.4 Å². The lowest BCUT2D eigenvalue weighted by molar-refractivity contribution is -0.108. The van der Waals surface area contributed by atoms with Crippen LogP contribution in [-0.2, 0) is 4.79 Å². The molecule has 2 atom stereocenters. The first-order chi connectivity index (χ1) is 16.9. The van der Waals surface area contributed by atoms with Crippen LogP contribution in [-0.4, -0.2) is 71.1 Å². The number of fused-ring (bicyclic) bond motifs is 1. The number of aliphatic hydroxyl groups is 1. The molecule has 0 aliphatic rings. The highest BCUT2D eigenvalue weighted by molar-refractivity contribution is 6.19. The smallest absolute Gasteiger partial charge is 0.214 e. The second-order valence-corrected chi connectivity index (χ2v) is 8.03. The van der Waals surface area contributed by atoms with Gasteiger partial charge in [-0.2, -0.15) is 0 Å². The highest BCUT2D eigenvalue weighted by Crippen LogP contribution is 2.34. The number of alkyl halides is 1. The summed E-state index contributed by atoms with van der Waals surface area (Å²) in [6.45, 7) is 19.3. The Hall–Kier alpha value is -2.61. The number of aromatic nitrogens is 2. The van der Waals surface area contributed by atoms with E-state index < -0.39 is 6.10 Å².